The minimum Gasteiger partial charge on any atom is -0.497 e. The number of rotatable bonds is 5. The fourth-order valence-electron chi connectivity index (χ4n) is 1.28. The quantitative estimate of drug-likeness (QED) is 0.780. The average molecular weight is 292 g/mol. The van der Waals surface area contributed by atoms with Gasteiger partial charge >= 0.3 is 0 Å². The molecule has 0 aliphatic carbocycles. The molecule has 1 aromatic rings. The normalized spacial score (nSPS) is 10.1. The van der Waals surface area contributed by atoms with Crippen LogP contribution in [-0.4, -0.2) is 18.2 Å². The smallest absolute Gasteiger partial charge is 0.147 e. The molecule has 0 heterocycles. The van der Waals surface area contributed by atoms with Crippen molar-refractivity contribution in [3.05, 3.63) is 29.3 Å². The summed E-state index contributed by atoms with van der Waals surface area (Å²) >= 11 is 8.93. The predicted octanol–water partition coefficient (Wildman–Crippen LogP) is 2.94. The van der Waals surface area contributed by atoms with E-state index in [-0.39, 0.29) is 5.78 Å². The van der Waals surface area contributed by atoms with E-state index in [4.69, 9.17) is 16.3 Å². The number of carbonyl (C=O) groups excluding carboxylic acids is 1. The number of hydrogen-bond acceptors (Lipinski definition) is 2. The van der Waals surface area contributed by atoms with Crippen LogP contribution in [0.1, 0.15) is 11.1 Å². The highest BCUT2D eigenvalue weighted by atomic mass is 79.9. The molecule has 0 N–H and O–H groups in total. The number of ketones is 1. The van der Waals surface area contributed by atoms with E-state index >= 15 is 0 Å². The Kier molecular flexibility index (Phi) is 5.12. The Hall–Kier alpha value is -0.540. The second kappa shape index (κ2) is 6.13. The lowest BCUT2D eigenvalue weighted by Gasteiger charge is -2.08. The first-order valence-corrected chi connectivity index (χ1v) is 6.16. The summed E-state index contributed by atoms with van der Waals surface area (Å²) in [4.78, 5) is 11.3. The fourth-order valence-corrected chi connectivity index (χ4v) is 1.74. The fraction of sp³-hybridized carbons (Fsp3) is 0.364. The second-order valence-corrected chi connectivity index (χ2v) is 3.95. The maximum atomic E-state index is 11.3. The van der Waals surface area contributed by atoms with Crippen LogP contribution in [-0.2, 0) is 17.1 Å². The van der Waals surface area contributed by atoms with Gasteiger partial charge in [0.05, 0.1) is 12.4 Å². The van der Waals surface area contributed by atoms with Gasteiger partial charge in [-0.25, -0.2) is 0 Å². The van der Waals surface area contributed by atoms with Gasteiger partial charge in [-0.2, -0.15) is 0 Å². The van der Waals surface area contributed by atoms with E-state index in [0.29, 0.717) is 17.6 Å². The molecule has 15 heavy (non-hydrogen) atoms. The minimum atomic E-state index is 0.134. The standard InChI is InChI=1S/C11H12BrClO2/c1-15-11-3-2-8(7-13)9(5-11)4-10(14)6-12/h2-3,5H,4,6-7H2,1H3. The molecule has 0 atom stereocenters. The number of Topliss-reactive ketones (excluding diaryl/α,β-unsaturated/α-hetero) is 1. The molecule has 0 aromatic heterocycles. The Balaban J connectivity index is 2.95. The maximum absolute atomic E-state index is 11.3. The average Bonchev–Trinajstić information content (AvgIpc) is 2.28. The van der Waals surface area contributed by atoms with Crippen molar-refractivity contribution in [1.29, 1.82) is 0 Å². The summed E-state index contributed by atoms with van der Waals surface area (Å²) in [5.41, 5.74) is 1.92. The van der Waals surface area contributed by atoms with Crippen molar-refractivity contribution in [3.63, 3.8) is 0 Å². The number of halogens is 2. The summed E-state index contributed by atoms with van der Waals surface area (Å²) < 4.78 is 5.10. The highest BCUT2D eigenvalue weighted by molar-refractivity contribution is 9.09. The van der Waals surface area contributed by atoms with Crippen LogP contribution in [0.5, 0.6) is 5.75 Å². The van der Waals surface area contributed by atoms with Gasteiger partial charge in [0.2, 0.25) is 0 Å². The topological polar surface area (TPSA) is 26.3 Å². The molecule has 1 rings (SSSR count). The SMILES string of the molecule is COc1ccc(CCl)c(CC(=O)CBr)c1. The molecule has 0 aliphatic rings. The number of methoxy groups -OCH3 is 1. The Morgan fingerprint density at radius 2 is 2.20 bits per heavy atom. The molecule has 0 bridgehead atoms. The van der Waals surface area contributed by atoms with Gasteiger partial charge in [-0.15, -0.1) is 11.6 Å². The Bertz CT molecular complexity index is 352. The van der Waals surface area contributed by atoms with Gasteiger partial charge in [0, 0.05) is 12.3 Å². The van der Waals surface area contributed by atoms with Gasteiger partial charge in [-0.05, 0) is 23.3 Å². The van der Waals surface area contributed by atoms with Crippen LogP contribution >= 0.6 is 27.5 Å². The van der Waals surface area contributed by atoms with E-state index in [2.05, 4.69) is 15.9 Å². The molecule has 0 amide bonds. The van der Waals surface area contributed by atoms with E-state index in [9.17, 15) is 4.79 Å². The summed E-state index contributed by atoms with van der Waals surface area (Å²) in [7, 11) is 1.60. The van der Waals surface area contributed by atoms with Crippen molar-refractivity contribution in [1.82, 2.24) is 0 Å². The van der Waals surface area contributed by atoms with Crippen molar-refractivity contribution in [2.75, 3.05) is 12.4 Å². The first-order chi connectivity index (χ1) is 7.21. The van der Waals surface area contributed by atoms with Crippen LogP contribution in [0.15, 0.2) is 18.2 Å². The van der Waals surface area contributed by atoms with Gasteiger partial charge in [-0.1, -0.05) is 22.0 Å². The largest absolute Gasteiger partial charge is 0.497 e. The zero-order valence-electron chi connectivity index (χ0n) is 8.43. The highest BCUT2D eigenvalue weighted by Crippen LogP contribution is 2.20. The van der Waals surface area contributed by atoms with Crippen LogP contribution in [0.25, 0.3) is 0 Å². The summed E-state index contributed by atoms with van der Waals surface area (Å²) in [5.74, 6) is 1.30. The molecule has 0 unspecified atom stereocenters. The third-order valence-electron chi connectivity index (χ3n) is 2.09. The lowest BCUT2D eigenvalue weighted by Crippen LogP contribution is -2.05. The number of hydrogen-bond donors (Lipinski definition) is 0. The highest BCUT2D eigenvalue weighted by Gasteiger charge is 2.08. The van der Waals surface area contributed by atoms with Crippen LogP contribution in [0, 0.1) is 0 Å². The molecular weight excluding hydrogens is 279 g/mol. The van der Waals surface area contributed by atoms with Gasteiger partial charge in [0.25, 0.3) is 0 Å². The molecular formula is C11H12BrClO2. The molecule has 2 nitrogen and oxygen atoms in total. The van der Waals surface area contributed by atoms with Crippen molar-refractivity contribution in [3.8, 4) is 5.75 Å². The van der Waals surface area contributed by atoms with Crippen LogP contribution in [0.4, 0.5) is 0 Å². The van der Waals surface area contributed by atoms with Crippen LogP contribution in [0.3, 0.4) is 0 Å². The number of ether oxygens (including phenoxy) is 1. The molecule has 0 aliphatic heterocycles. The molecule has 4 heteroatoms. The summed E-state index contributed by atoms with van der Waals surface area (Å²) in [6.07, 6.45) is 0.393. The van der Waals surface area contributed by atoms with Gasteiger partial charge < -0.3 is 4.74 Å². The monoisotopic (exact) mass is 290 g/mol. The Labute approximate surface area is 103 Å². The second-order valence-electron chi connectivity index (χ2n) is 3.12. The Morgan fingerprint density at radius 1 is 1.47 bits per heavy atom. The van der Waals surface area contributed by atoms with E-state index < -0.39 is 0 Å². The van der Waals surface area contributed by atoms with Crippen molar-refractivity contribution in [2.45, 2.75) is 12.3 Å². The number of carbonyl (C=O) groups is 1. The first-order valence-electron chi connectivity index (χ1n) is 4.50. The summed E-state index contributed by atoms with van der Waals surface area (Å²) in [5, 5.41) is 0.367. The zero-order chi connectivity index (χ0) is 11.3. The Morgan fingerprint density at radius 3 is 2.73 bits per heavy atom. The van der Waals surface area contributed by atoms with E-state index in [1.165, 1.54) is 0 Å². The van der Waals surface area contributed by atoms with Gasteiger partial charge in [0.1, 0.15) is 11.5 Å². The van der Waals surface area contributed by atoms with Crippen molar-refractivity contribution < 1.29 is 9.53 Å². The first kappa shape index (κ1) is 12.5. The maximum Gasteiger partial charge on any atom is 0.147 e. The molecule has 0 radical (unpaired) electrons. The van der Waals surface area contributed by atoms with E-state index in [0.717, 1.165) is 16.9 Å². The molecule has 0 saturated carbocycles. The molecule has 1 aromatic carbocycles. The van der Waals surface area contributed by atoms with E-state index in [1.54, 1.807) is 7.11 Å². The van der Waals surface area contributed by atoms with Gasteiger partial charge in [-0.3, -0.25) is 4.79 Å². The number of benzene rings is 1. The lowest BCUT2D eigenvalue weighted by molar-refractivity contribution is -0.115. The van der Waals surface area contributed by atoms with Crippen molar-refractivity contribution >= 4 is 33.3 Å². The zero-order valence-corrected chi connectivity index (χ0v) is 10.8. The summed E-state index contributed by atoms with van der Waals surface area (Å²) in [6, 6.07) is 5.60. The minimum absolute atomic E-state index is 0.134. The van der Waals surface area contributed by atoms with Crippen LogP contribution in [0.2, 0.25) is 0 Å². The lowest BCUT2D eigenvalue weighted by atomic mass is 10.0. The number of alkyl halides is 2. The summed E-state index contributed by atoms with van der Waals surface area (Å²) in [6.45, 7) is 0. The predicted molar refractivity (Wildman–Crippen MR) is 65.1 cm³/mol. The van der Waals surface area contributed by atoms with E-state index in [1.807, 2.05) is 18.2 Å². The van der Waals surface area contributed by atoms with Crippen LogP contribution < -0.4 is 4.74 Å². The molecule has 0 saturated heterocycles. The van der Waals surface area contributed by atoms with Crippen molar-refractivity contribution in [2.24, 2.45) is 0 Å². The molecule has 0 spiro atoms. The van der Waals surface area contributed by atoms with Gasteiger partial charge in [0.15, 0.2) is 0 Å². The molecule has 0 fully saturated rings. The third kappa shape index (κ3) is 3.50. The third-order valence-corrected chi connectivity index (χ3v) is 3.01. The molecule has 82 valence electrons.